The van der Waals surface area contributed by atoms with Crippen LogP contribution in [-0.2, 0) is 0 Å². The molecule has 0 aromatic heterocycles. The van der Waals surface area contributed by atoms with E-state index in [0.717, 1.165) is 0 Å². The summed E-state index contributed by atoms with van der Waals surface area (Å²) in [5.74, 6) is 0. The van der Waals surface area contributed by atoms with Crippen LogP contribution in [0.4, 0.5) is 5.69 Å². The molecule has 0 aliphatic carbocycles. The summed E-state index contributed by atoms with van der Waals surface area (Å²) < 4.78 is 0. The molecule has 7 heteroatoms. The molecular formula is C6H5BClNO4. The molecule has 0 atom stereocenters. The molecule has 0 aliphatic heterocycles. The van der Waals surface area contributed by atoms with Crippen molar-refractivity contribution in [3.63, 3.8) is 0 Å². The van der Waals surface area contributed by atoms with E-state index in [2.05, 4.69) is 0 Å². The Bertz CT molecular complexity index is 343. The van der Waals surface area contributed by atoms with Crippen LogP contribution < -0.4 is 5.46 Å². The van der Waals surface area contributed by atoms with Crippen molar-refractivity contribution in [3.05, 3.63) is 33.3 Å². The number of hydrogen-bond donors (Lipinski definition) is 2. The third-order valence-corrected chi connectivity index (χ3v) is 1.89. The number of nitrogens with zero attached hydrogens (tertiary/aromatic N) is 1. The lowest BCUT2D eigenvalue weighted by Crippen LogP contribution is -2.30. The van der Waals surface area contributed by atoms with Crippen molar-refractivity contribution < 1.29 is 15.0 Å². The Balaban J connectivity index is 3.26. The Hall–Kier alpha value is -1.11. The molecule has 0 radical (unpaired) electrons. The molecule has 0 aliphatic rings. The lowest BCUT2D eigenvalue weighted by Gasteiger charge is -2.01. The van der Waals surface area contributed by atoms with Gasteiger partial charge in [0.1, 0.15) is 5.02 Å². The molecule has 0 fully saturated rings. The van der Waals surface area contributed by atoms with Gasteiger partial charge in [-0.25, -0.2) is 0 Å². The molecule has 0 amide bonds. The summed E-state index contributed by atoms with van der Waals surface area (Å²) in [7, 11) is -1.80. The van der Waals surface area contributed by atoms with Gasteiger partial charge in [-0.1, -0.05) is 23.7 Å². The molecule has 0 saturated heterocycles. The molecular weight excluding hydrogens is 196 g/mol. The van der Waals surface area contributed by atoms with Gasteiger partial charge in [0.2, 0.25) is 0 Å². The lowest BCUT2D eigenvalue weighted by molar-refractivity contribution is -0.384. The van der Waals surface area contributed by atoms with Gasteiger partial charge in [-0.3, -0.25) is 10.1 Å². The summed E-state index contributed by atoms with van der Waals surface area (Å²) >= 11 is 5.54. The highest BCUT2D eigenvalue weighted by molar-refractivity contribution is 6.63. The molecule has 1 aromatic rings. The maximum atomic E-state index is 10.4. The Morgan fingerprint density at radius 1 is 1.46 bits per heavy atom. The van der Waals surface area contributed by atoms with Crippen molar-refractivity contribution >= 4 is 29.9 Å². The van der Waals surface area contributed by atoms with E-state index in [0.29, 0.717) is 0 Å². The molecule has 5 nitrogen and oxygen atoms in total. The van der Waals surface area contributed by atoms with Gasteiger partial charge in [-0.15, -0.1) is 0 Å². The first-order valence-corrected chi connectivity index (χ1v) is 3.70. The first-order valence-electron chi connectivity index (χ1n) is 3.33. The third-order valence-electron chi connectivity index (χ3n) is 1.48. The number of hydrogen-bond acceptors (Lipinski definition) is 4. The largest absolute Gasteiger partial charge is 0.490 e. The first-order chi connectivity index (χ1) is 6.04. The molecule has 1 aromatic carbocycles. The SMILES string of the molecule is O=[N+]([O-])c1cccc(B(O)O)c1Cl. The fraction of sp³-hybridized carbons (Fsp3) is 0. The second-order valence-electron chi connectivity index (χ2n) is 2.31. The van der Waals surface area contributed by atoms with Gasteiger partial charge in [0, 0.05) is 11.5 Å². The van der Waals surface area contributed by atoms with Gasteiger partial charge < -0.3 is 10.0 Å². The molecule has 2 N–H and O–H groups in total. The van der Waals surface area contributed by atoms with E-state index in [4.69, 9.17) is 21.6 Å². The fourth-order valence-corrected chi connectivity index (χ4v) is 1.17. The van der Waals surface area contributed by atoms with Crippen LogP contribution in [0.15, 0.2) is 18.2 Å². The standard InChI is InChI=1S/C6H5BClNO4/c8-6-4(7(10)11)2-1-3-5(6)9(12)13/h1-3,10-11H. The Morgan fingerprint density at radius 2 is 2.08 bits per heavy atom. The Kier molecular flexibility index (Phi) is 2.87. The van der Waals surface area contributed by atoms with Gasteiger partial charge in [-0.2, -0.15) is 0 Å². The summed E-state index contributed by atoms with van der Waals surface area (Å²) in [6.07, 6.45) is 0. The smallest absolute Gasteiger partial charge is 0.423 e. The van der Waals surface area contributed by atoms with E-state index in [1.807, 2.05) is 0 Å². The highest BCUT2D eigenvalue weighted by Gasteiger charge is 2.22. The van der Waals surface area contributed by atoms with Crippen molar-refractivity contribution in [3.8, 4) is 0 Å². The number of nitro groups is 1. The Labute approximate surface area is 78.9 Å². The summed E-state index contributed by atoms with van der Waals surface area (Å²) in [5, 5.41) is 27.6. The quantitative estimate of drug-likeness (QED) is 0.398. The van der Waals surface area contributed by atoms with Crippen molar-refractivity contribution in [1.82, 2.24) is 0 Å². The zero-order valence-electron chi connectivity index (χ0n) is 6.35. The van der Waals surface area contributed by atoms with E-state index >= 15 is 0 Å². The van der Waals surface area contributed by atoms with Crippen LogP contribution in [0.2, 0.25) is 5.02 Å². The van der Waals surface area contributed by atoms with E-state index in [1.165, 1.54) is 18.2 Å². The second-order valence-corrected chi connectivity index (χ2v) is 2.69. The molecule has 68 valence electrons. The van der Waals surface area contributed by atoms with Crippen molar-refractivity contribution in [2.45, 2.75) is 0 Å². The highest BCUT2D eigenvalue weighted by Crippen LogP contribution is 2.21. The monoisotopic (exact) mass is 201 g/mol. The van der Waals surface area contributed by atoms with Gasteiger partial charge in [-0.05, 0) is 0 Å². The first kappa shape index (κ1) is 9.98. The summed E-state index contributed by atoms with van der Waals surface area (Å²) in [6.45, 7) is 0. The maximum Gasteiger partial charge on any atom is 0.490 e. The third kappa shape index (κ3) is 1.97. The number of nitro benzene ring substituents is 1. The molecule has 0 bridgehead atoms. The molecule has 13 heavy (non-hydrogen) atoms. The van der Waals surface area contributed by atoms with Crippen molar-refractivity contribution in [2.24, 2.45) is 0 Å². The molecule has 0 heterocycles. The summed E-state index contributed by atoms with van der Waals surface area (Å²) in [5.41, 5.74) is -0.414. The fourth-order valence-electron chi connectivity index (χ4n) is 0.878. The summed E-state index contributed by atoms with van der Waals surface area (Å²) in [6, 6.07) is 3.83. The van der Waals surface area contributed by atoms with E-state index < -0.39 is 12.0 Å². The number of benzene rings is 1. The average Bonchev–Trinajstić information content (AvgIpc) is 2.03. The van der Waals surface area contributed by atoms with Gasteiger partial charge in [0.15, 0.2) is 0 Å². The average molecular weight is 201 g/mol. The van der Waals surface area contributed by atoms with Crippen LogP contribution in [0.3, 0.4) is 0 Å². The van der Waals surface area contributed by atoms with E-state index in [-0.39, 0.29) is 16.2 Å². The number of rotatable bonds is 2. The van der Waals surface area contributed by atoms with Gasteiger partial charge in [0.25, 0.3) is 5.69 Å². The molecule has 1 rings (SSSR count). The van der Waals surface area contributed by atoms with Crippen molar-refractivity contribution in [1.29, 1.82) is 0 Å². The van der Waals surface area contributed by atoms with Crippen LogP contribution in [-0.4, -0.2) is 22.1 Å². The lowest BCUT2D eigenvalue weighted by atomic mass is 9.80. The van der Waals surface area contributed by atoms with Crippen LogP contribution in [0.5, 0.6) is 0 Å². The van der Waals surface area contributed by atoms with Crippen molar-refractivity contribution in [2.75, 3.05) is 0 Å². The predicted molar refractivity (Wildman–Crippen MR) is 47.9 cm³/mol. The minimum Gasteiger partial charge on any atom is -0.423 e. The molecule has 0 spiro atoms. The van der Waals surface area contributed by atoms with Crippen LogP contribution >= 0.6 is 11.6 Å². The second kappa shape index (κ2) is 3.74. The Morgan fingerprint density at radius 3 is 2.54 bits per heavy atom. The predicted octanol–water partition coefficient (Wildman–Crippen LogP) is -0.0720. The maximum absolute atomic E-state index is 10.4. The minimum atomic E-state index is -1.80. The van der Waals surface area contributed by atoms with Crippen LogP contribution in [0.1, 0.15) is 0 Å². The van der Waals surface area contributed by atoms with E-state index in [9.17, 15) is 10.1 Å². The topological polar surface area (TPSA) is 83.6 Å². The number of halogens is 1. The zero-order valence-corrected chi connectivity index (χ0v) is 7.10. The normalized spacial score (nSPS) is 9.77. The van der Waals surface area contributed by atoms with E-state index in [1.54, 1.807) is 0 Å². The highest BCUT2D eigenvalue weighted by atomic mass is 35.5. The van der Waals surface area contributed by atoms with Crippen LogP contribution in [0, 0.1) is 10.1 Å². The van der Waals surface area contributed by atoms with Crippen LogP contribution in [0.25, 0.3) is 0 Å². The summed E-state index contributed by atoms with van der Waals surface area (Å²) in [4.78, 5) is 9.67. The molecule has 0 saturated carbocycles. The zero-order chi connectivity index (χ0) is 10.0. The van der Waals surface area contributed by atoms with Gasteiger partial charge in [0.05, 0.1) is 4.92 Å². The van der Waals surface area contributed by atoms with Gasteiger partial charge >= 0.3 is 7.12 Å². The minimum absolute atomic E-state index is 0.0733. The molecule has 0 unspecified atom stereocenters.